The average molecular weight is 333 g/mol. The number of benzene rings is 2. The summed E-state index contributed by atoms with van der Waals surface area (Å²) >= 11 is 0. The lowest BCUT2D eigenvalue weighted by Crippen LogP contribution is -2.36. The fraction of sp³-hybridized carbons (Fsp3) is 0.200. The molecule has 1 aromatic heterocycles. The van der Waals surface area contributed by atoms with Crippen molar-refractivity contribution < 1.29 is 9.53 Å². The van der Waals surface area contributed by atoms with Crippen molar-refractivity contribution in [1.29, 1.82) is 0 Å². The van der Waals surface area contributed by atoms with Gasteiger partial charge in [0.1, 0.15) is 5.75 Å². The number of aryl methyl sites for hydroxylation is 1. The van der Waals surface area contributed by atoms with Gasteiger partial charge in [-0.25, -0.2) is 4.98 Å². The summed E-state index contributed by atoms with van der Waals surface area (Å²) in [7, 11) is 1.64. The molecule has 1 aliphatic rings. The number of hydrogen-bond donors (Lipinski definition) is 0. The zero-order valence-corrected chi connectivity index (χ0v) is 14.1. The van der Waals surface area contributed by atoms with Crippen molar-refractivity contribution in [3.63, 3.8) is 0 Å². The maximum atomic E-state index is 12.7. The highest BCUT2D eigenvalue weighted by Crippen LogP contribution is 2.26. The molecule has 0 spiro atoms. The van der Waals surface area contributed by atoms with E-state index in [1.165, 1.54) is 0 Å². The first-order valence-electron chi connectivity index (χ1n) is 8.35. The quantitative estimate of drug-likeness (QED) is 0.689. The van der Waals surface area contributed by atoms with E-state index in [1.807, 2.05) is 54.6 Å². The van der Waals surface area contributed by atoms with E-state index < -0.39 is 0 Å². The van der Waals surface area contributed by atoms with Gasteiger partial charge in [0.05, 0.1) is 18.1 Å². The molecule has 0 saturated carbocycles. The lowest BCUT2D eigenvalue weighted by molar-refractivity contribution is -0.114. The molecule has 0 N–H and O–H groups in total. The number of para-hydroxylation sites is 2. The molecule has 0 fully saturated rings. The van der Waals surface area contributed by atoms with Crippen LogP contribution >= 0.6 is 0 Å². The summed E-state index contributed by atoms with van der Waals surface area (Å²) in [4.78, 5) is 19.1. The molecule has 5 nitrogen and oxygen atoms in total. The Morgan fingerprint density at radius 3 is 2.72 bits per heavy atom. The molecule has 1 amide bonds. The topological polar surface area (TPSA) is 47.4 Å². The predicted octanol–water partition coefficient (Wildman–Crippen LogP) is 3.50. The summed E-state index contributed by atoms with van der Waals surface area (Å²) in [5.74, 6) is 1.48. The summed E-state index contributed by atoms with van der Waals surface area (Å²) in [6.07, 6.45) is 4.36. The maximum absolute atomic E-state index is 12.7. The molecule has 5 heteroatoms. The van der Waals surface area contributed by atoms with Gasteiger partial charge in [0.15, 0.2) is 0 Å². The Kier molecular flexibility index (Phi) is 3.98. The predicted molar refractivity (Wildman–Crippen MR) is 98.7 cm³/mol. The third kappa shape index (κ3) is 2.89. The van der Waals surface area contributed by atoms with Crippen molar-refractivity contribution in [3.8, 4) is 5.75 Å². The first kappa shape index (κ1) is 15.4. The second kappa shape index (κ2) is 6.43. The molecule has 126 valence electrons. The fourth-order valence-corrected chi connectivity index (χ4v) is 3.16. The Morgan fingerprint density at radius 2 is 1.92 bits per heavy atom. The zero-order chi connectivity index (χ0) is 17.2. The number of hydrogen-bond acceptors (Lipinski definition) is 3. The molecule has 0 saturated heterocycles. The van der Waals surface area contributed by atoms with E-state index in [-0.39, 0.29) is 5.91 Å². The zero-order valence-electron chi connectivity index (χ0n) is 14.1. The van der Waals surface area contributed by atoms with Crippen LogP contribution in [0.25, 0.3) is 17.1 Å². The second-order valence-corrected chi connectivity index (χ2v) is 6.00. The van der Waals surface area contributed by atoms with Crippen LogP contribution in [0.2, 0.25) is 0 Å². The number of methoxy groups -OCH3 is 1. The van der Waals surface area contributed by atoms with Crippen molar-refractivity contribution >= 4 is 29.0 Å². The normalized spacial score (nSPS) is 14.0. The number of anilines is 1. The standard InChI is InChI=1S/C20H19N3O2/c1-25-16-10-7-15(8-11-16)9-12-19(24)23-14-4-13-22-18-6-3-2-5-17(18)21-20(22)23/h2-3,5-12H,4,13-14H2,1H3/b12-9+. The molecule has 1 aliphatic heterocycles. The van der Waals surface area contributed by atoms with Crippen LogP contribution in [0.1, 0.15) is 12.0 Å². The Labute approximate surface area is 146 Å². The highest BCUT2D eigenvalue weighted by molar-refractivity contribution is 6.03. The van der Waals surface area contributed by atoms with Crippen LogP contribution in [0.4, 0.5) is 5.95 Å². The maximum Gasteiger partial charge on any atom is 0.253 e. The SMILES string of the molecule is COc1ccc(/C=C/C(=O)N2CCCn3c2nc2ccccc23)cc1. The third-order valence-electron chi connectivity index (χ3n) is 4.44. The summed E-state index contributed by atoms with van der Waals surface area (Å²) in [5.41, 5.74) is 2.96. The first-order valence-corrected chi connectivity index (χ1v) is 8.35. The van der Waals surface area contributed by atoms with Crippen molar-refractivity contribution in [3.05, 3.63) is 60.2 Å². The van der Waals surface area contributed by atoms with Crippen LogP contribution in [0.3, 0.4) is 0 Å². The van der Waals surface area contributed by atoms with Crippen LogP contribution in [0, 0.1) is 0 Å². The molecule has 2 aromatic carbocycles. The molecule has 0 radical (unpaired) electrons. The highest BCUT2D eigenvalue weighted by atomic mass is 16.5. The van der Waals surface area contributed by atoms with Crippen LogP contribution in [0.5, 0.6) is 5.75 Å². The van der Waals surface area contributed by atoms with E-state index in [9.17, 15) is 4.79 Å². The van der Waals surface area contributed by atoms with Gasteiger partial charge in [-0.1, -0.05) is 24.3 Å². The molecule has 0 bridgehead atoms. The number of aromatic nitrogens is 2. The molecule has 0 atom stereocenters. The minimum atomic E-state index is -0.0490. The number of amides is 1. The molecular weight excluding hydrogens is 314 g/mol. The number of carbonyl (C=O) groups excluding carboxylic acids is 1. The Morgan fingerprint density at radius 1 is 1.12 bits per heavy atom. The number of imidazole rings is 1. The number of nitrogens with zero attached hydrogens (tertiary/aromatic N) is 3. The summed E-state index contributed by atoms with van der Waals surface area (Å²) in [6, 6.07) is 15.6. The van der Waals surface area contributed by atoms with Gasteiger partial charge in [0.25, 0.3) is 5.91 Å². The van der Waals surface area contributed by atoms with E-state index in [4.69, 9.17) is 4.74 Å². The first-order chi connectivity index (χ1) is 12.3. The Bertz CT molecular complexity index is 941. The third-order valence-corrected chi connectivity index (χ3v) is 4.44. The van der Waals surface area contributed by atoms with E-state index in [0.717, 1.165) is 41.3 Å². The van der Waals surface area contributed by atoms with Gasteiger partial charge in [0, 0.05) is 19.2 Å². The van der Waals surface area contributed by atoms with Crippen LogP contribution in [0.15, 0.2) is 54.6 Å². The van der Waals surface area contributed by atoms with E-state index in [0.29, 0.717) is 6.54 Å². The lowest BCUT2D eigenvalue weighted by Gasteiger charge is -2.26. The minimum absolute atomic E-state index is 0.0490. The molecule has 4 rings (SSSR count). The largest absolute Gasteiger partial charge is 0.497 e. The van der Waals surface area contributed by atoms with Crippen molar-refractivity contribution in [2.75, 3.05) is 18.6 Å². The summed E-state index contributed by atoms with van der Waals surface area (Å²) < 4.78 is 7.27. The van der Waals surface area contributed by atoms with Crippen LogP contribution in [-0.2, 0) is 11.3 Å². The van der Waals surface area contributed by atoms with E-state index in [2.05, 4.69) is 9.55 Å². The molecule has 0 unspecified atom stereocenters. The molecule has 0 aliphatic carbocycles. The molecular formula is C20H19N3O2. The van der Waals surface area contributed by atoms with Gasteiger partial charge >= 0.3 is 0 Å². The van der Waals surface area contributed by atoms with E-state index in [1.54, 1.807) is 18.1 Å². The van der Waals surface area contributed by atoms with Gasteiger partial charge in [-0.2, -0.15) is 0 Å². The smallest absolute Gasteiger partial charge is 0.253 e. The fourth-order valence-electron chi connectivity index (χ4n) is 3.16. The summed E-state index contributed by atoms with van der Waals surface area (Å²) in [5, 5.41) is 0. The van der Waals surface area contributed by atoms with Gasteiger partial charge in [0.2, 0.25) is 5.95 Å². The monoisotopic (exact) mass is 333 g/mol. The lowest BCUT2D eigenvalue weighted by atomic mass is 10.2. The second-order valence-electron chi connectivity index (χ2n) is 6.00. The van der Waals surface area contributed by atoms with Gasteiger partial charge < -0.3 is 9.30 Å². The number of ether oxygens (including phenoxy) is 1. The van der Waals surface area contributed by atoms with Gasteiger partial charge in [-0.05, 0) is 42.3 Å². The average Bonchev–Trinajstić information content (AvgIpc) is 3.05. The molecule has 3 aromatic rings. The Balaban J connectivity index is 1.60. The number of carbonyl (C=O) groups is 1. The molecule has 25 heavy (non-hydrogen) atoms. The van der Waals surface area contributed by atoms with Crippen LogP contribution < -0.4 is 9.64 Å². The number of fused-ring (bicyclic) bond motifs is 3. The van der Waals surface area contributed by atoms with Crippen LogP contribution in [-0.4, -0.2) is 29.1 Å². The van der Waals surface area contributed by atoms with Crippen molar-refractivity contribution in [2.24, 2.45) is 0 Å². The van der Waals surface area contributed by atoms with Gasteiger partial charge in [-0.15, -0.1) is 0 Å². The minimum Gasteiger partial charge on any atom is -0.497 e. The molecule has 2 heterocycles. The van der Waals surface area contributed by atoms with Gasteiger partial charge in [-0.3, -0.25) is 9.69 Å². The number of rotatable bonds is 3. The highest BCUT2D eigenvalue weighted by Gasteiger charge is 2.24. The van der Waals surface area contributed by atoms with E-state index >= 15 is 0 Å². The summed E-state index contributed by atoms with van der Waals surface area (Å²) in [6.45, 7) is 1.58. The van der Waals surface area contributed by atoms with Crippen molar-refractivity contribution in [2.45, 2.75) is 13.0 Å². The van der Waals surface area contributed by atoms with Crippen molar-refractivity contribution in [1.82, 2.24) is 9.55 Å². The Hall–Kier alpha value is -3.08.